The minimum atomic E-state index is -0.144. The van der Waals surface area contributed by atoms with Gasteiger partial charge < -0.3 is 5.73 Å². The molecule has 0 amide bonds. The molecule has 0 saturated heterocycles. The van der Waals surface area contributed by atoms with Crippen LogP contribution in [0.2, 0.25) is 0 Å². The molecule has 1 fully saturated rings. The molecule has 0 spiro atoms. The standard InChI is InChI=1S/C17H16N2S/c18-17(10-5-11-17)13-7-2-1-6-12(13)16-19-14-8-3-4-9-15(14)20-16/h1-4,6-9H,5,10-11,18H2. The summed E-state index contributed by atoms with van der Waals surface area (Å²) in [5.41, 5.74) is 9.92. The number of nitrogens with two attached hydrogens (primary N) is 1. The molecule has 1 aliphatic rings. The maximum Gasteiger partial charge on any atom is 0.124 e. The fourth-order valence-corrected chi connectivity index (χ4v) is 3.92. The van der Waals surface area contributed by atoms with Gasteiger partial charge in [-0.1, -0.05) is 36.4 Å². The molecule has 1 aromatic heterocycles. The average molecular weight is 280 g/mol. The van der Waals surface area contributed by atoms with Crippen molar-refractivity contribution in [1.29, 1.82) is 0 Å². The third-order valence-corrected chi connectivity index (χ3v) is 5.30. The van der Waals surface area contributed by atoms with Crippen molar-refractivity contribution in [1.82, 2.24) is 4.98 Å². The summed E-state index contributed by atoms with van der Waals surface area (Å²) in [6.07, 6.45) is 3.38. The van der Waals surface area contributed by atoms with Gasteiger partial charge in [-0.05, 0) is 37.0 Å². The van der Waals surface area contributed by atoms with E-state index in [1.54, 1.807) is 11.3 Å². The van der Waals surface area contributed by atoms with Crippen molar-refractivity contribution in [3.05, 3.63) is 54.1 Å². The minimum absolute atomic E-state index is 0.144. The van der Waals surface area contributed by atoms with E-state index in [1.165, 1.54) is 22.2 Å². The minimum Gasteiger partial charge on any atom is -0.321 e. The van der Waals surface area contributed by atoms with Crippen molar-refractivity contribution in [3.8, 4) is 10.6 Å². The van der Waals surface area contributed by atoms with Gasteiger partial charge in [0.25, 0.3) is 0 Å². The van der Waals surface area contributed by atoms with Crippen LogP contribution in [0.25, 0.3) is 20.8 Å². The molecule has 0 unspecified atom stereocenters. The van der Waals surface area contributed by atoms with Crippen molar-refractivity contribution in [3.63, 3.8) is 0 Å². The Morgan fingerprint density at radius 1 is 1.00 bits per heavy atom. The molecule has 2 nitrogen and oxygen atoms in total. The lowest BCUT2D eigenvalue weighted by molar-refractivity contribution is 0.254. The van der Waals surface area contributed by atoms with Gasteiger partial charge in [0.2, 0.25) is 0 Å². The Bertz CT molecular complexity index is 738. The predicted octanol–water partition coefficient (Wildman–Crippen LogP) is 4.30. The van der Waals surface area contributed by atoms with Crippen molar-refractivity contribution in [2.75, 3.05) is 0 Å². The Morgan fingerprint density at radius 2 is 1.75 bits per heavy atom. The summed E-state index contributed by atoms with van der Waals surface area (Å²) in [6.45, 7) is 0. The number of thiazole rings is 1. The maximum absolute atomic E-state index is 6.53. The van der Waals surface area contributed by atoms with Gasteiger partial charge in [0.15, 0.2) is 0 Å². The SMILES string of the molecule is NC1(c2ccccc2-c2nc3ccccc3s2)CCC1. The van der Waals surface area contributed by atoms with Crippen molar-refractivity contribution in [2.45, 2.75) is 24.8 Å². The lowest BCUT2D eigenvalue weighted by Crippen LogP contribution is -2.43. The molecule has 4 rings (SSSR count). The first-order valence-electron chi connectivity index (χ1n) is 7.01. The maximum atomic E-state index is 6.53. The molecule has 3 heteroatoms. The second-order valence-corrected chi connectivity index (χ2v) is 6.57. The van der Waals surface area contributed by atoms with Gasteiger partial charge in [0, 0.05) is 11.1 Å². The van der Waals surface area contributed by atoms with Crippen molar-refractivity contribution < 1.29 is 0 Å². The van der Waals surface area contributed by atoms with E-state index < -0.39 is 0 Å². The highest BCUT2D eigenvalue weighted by Crippen LogP contribution is 2.44. The van der Waals surface area contributed by atoms with Crippen LogP contribution in [0, 0.1) is 0 Å². The van der Waals surface area contributed by atoms with Gasteiger partial charge in [-0.3, -0.25) is 0 Å². The first kappa shape index (κ1) is 12.1. The van der Waals surface area contributed by atoms with Crippen LogP contribution in [-0.4, -0.2) is 4.98 Å². The van der Waals surface area contributed by atoms with E-state index in [9.17, 15) is 0 Å². The summed E-state index contributed by atoms with van der Waals surface area (Å²) >= 11 is 1.75. The van der Waals surface area contributed by atoms with Crippen LogP contribution >= 0.6 is 11.3 Å². The number of benzene rings is 2. The molecule has 0 bridgehead atoms. The van der Waals surface area contributed by atoms with Gasteiger partial charge in [-0.15, -0.1) is 11.3 Å². The monoisotopic (exact) mass is 280 g/mol. The molecule has 2 N–H and O–H groups in total. The molecule has 1 heterocycles. The van der Waals surface area contributed by atoms with E-state index in [0.717, 1.165) is 23.4 Å². The molecule has 1 aliphatic carbocycles. The average Bonchev–Trinajstić information content (AvgIpc) is 2.88. The summed E-state index contributed by atoms with van der Waals surface area (Å²) in [5.74, 6) is 0. The van der Waals surface area contributed by atoms with Crippen LogP contribution in [0.15, 0.2) is 48.5 Å². The Labute approximate surface area is 122 Å². The molecule has 1 saturated carbocycles. The quantitative estimate of drug-likeness (QED) is 0.760. The molecular formula is C17H16N2S. The molecule has 0 radical (unpaired) electrons. The van der Waals surface area contributed by atoms with E-state index in [4.69, 9.17) is 10.7 Å². The highest BCUT2D eigenvalue weighted by atomic mass is 32.1. The van der Waals surface area contributed by atoms with Crippen LogP contribution in [0.4, 0.5) is 0 Å². The second-order valence-electron chi connectivity index (χ2n) is 5.54. The first-order valence-corrected chi connectivity index (χ1v) is 7.82. The zero-order chi connectivity index (χ0) is 13.6. The number of hydrogen-bond donors (Lipinski definition) is 1. The topological polar surface area (TPSA) is 38.9 Å². The van der Waals surface area contributed by atoms with E-state index in [1.807, 2.05) is 6.07 Å². The van der Waals surface area contributed by atoms with E-state index in [-0.39, 0.29) is 5.54 Å². The highest BCUT2D eigenvalue weighted by Gasteiger charge is 2.36. The Balaban J connectivity index is 1.89. The van der Waals surface area contributed by atoms with E-state index in [2.05, 4.69) is 42.5 Å². The zero-order valence-corrected chi connectivity index (χ0v) is 12.0. The van der Waals surface area contributed by atoms with Crippen molar-refractivity contribution >= 4 is 21.6 Å². The Hall–Kier alpha value is -1.71. The van der Waals surface area contributed by atoms with E-state index in [0.29, 0.717) is 0 Å². The van der Waals surface area contributed by atoms with Gasteiger partial charge >= 0.3 is 0 Å². The second kappa shape index (κ2) is 4.40. The normalized spacial score (nSPS) is 17.1. The van der Waals surface area contributed by atoms with Gasteiger partial charge in [-0.25, -0.2) is 4.98 Å². The zero-order valence-electron chi connectivity index (χ0n) is 11.2. The number of nitrogens with zero attached hydrogens (tertiary/aromatic N) is 1. The fourth-order valence-electron chi connectivity index (χ4n) is 2.92. The third kappa shape index (κ3) is 1.78. The summed E-state index contributed by atoms with van der Waals surface area (Å²) in [5, 5.41) is 1.08. The summed E-state index contributed by atoms with van der Waals surface area (Å²) < 4.78 is 1.23. The molecule has 100 valence electrons. The first-order chi connectivity index (χ1) is 9.76. The van der Waals surface area contributed by atoms with E-state index >= 15 is 0 Å². The predicted molar refractivity (Wildman–Crippen MR) is 84.8 cm³/mol. The van der Waals surface area contributed by atoms with Gasteiger partial charge in [0.1, 0.15) is 5.01 Å². The lowest BCUT2D eigenvalue weighted by Gasteiger charge is -2.39. The molecule has 2 aromatic carbocycles. The fraction of sp³-hybridized carbons (Fsp3) is 0.235. The number of hydrogen-bond acceptors (Lipinski definition) is 3. The third-order valence-electron chi connectivity index (χ3n) is 4.23. The Morgan fingerprint density at radius 3 is 2.50 bits per heavy atom. The van der Waals surface area contributed by atoms with Crippen LogP contribution < -0.4 is 5.73 Å². The van der Waals surface area contributed by atoms with Gasteiger partial charge in [-0.2, -0.15) is 0 Å². The van der Waals surface area contributed by atoms with Crippen LogP contribution in [-0.2, 0) is 5.54 Å². The molecule has 3 aromatic rings. The molecule has 0 atom stereocenters. The highest BCUT2D eigenvalue weighted by molar-refractivity contribution is 7.21. The number of aromatic nitrogens is 1. The molecule has 0 aliphatic heterocycles. The smallest absolute Gasteiger partial charge is 0.124 e. The Kier molecular flexibility index (Phi) is 2.65. The van der Waals surface area contributed by atoms with Crippen LogP contribution in [0.3, 0.4) is 0 Å². The summed E-state index contributed by atoms with van der Waals surface area (Å²) in [6, 6.07) is 16.8. The number of fused-ring (bicyclic) bond motifs is 1. The number of para-hydroxylation sites is 1. The summed E-state index contributed by atoms with van der Waals surface area (Å²) in [4.78, 5) is 4.78. The summed E-state index contributed by atoms with van der Waals surface area (Å²) in [7, 11) is 0. The lowest BCUT2D eigenvalue weighted by atomic mass is 9.71. The largest absolute Gasteiger partial charge is 0.321 e. The van der Waals surface area contributed by atoms with Crippen molar-refractivity contribution in [2.24, 2.45) is 5.73 Å². The molecular weight excluding hydrogens is 264 g/mol. The van der Waals surface area contributed by atoms with Gasteiger partial charge in [0.05, 0.1) is 10.2 Å². The van der Waals surface area contributed by atoms with Crippen LogP contribution in [0.1, 0.15) is 24.8 Å². The molecule has 20 heavy (non-hydrogen) atoms. The van der Waals surface area contributed by atoms with Crippen LogP contribution in [0.5, 0.6) is 0 Å². The number of rotatable bonds is 2.